The van der Waals surface area contributed by atoms with Crippen LogP contribution in [0.15, 0.2) is 0 Å². The van der Waals surface area contributed by atoms with Crippen molar-refractivity contribution in [2.24, 2.45) is 0 Å². The molecule has 0 atom stereocenters. The van der Waals surface area contributed by atoms with E-state index in [2.05, 4.69) is 5.32 Å². The summed E-state index contributed by atoms with van der Waals surface area (Å²) < 4.78 is 0. The molecule has 0 aromatic rings. The van der Waals surface area contributed by atoms with Gasteiger partial charge in [0.1, 0.15) is 0 Å². The molecule has 3 radical (unpaired) electrons. The third kappa shape index (κ3) is 8.94. The molecule has 1 nitrogen and oxygen atoms in total. The van der Waals surface area contributed by atoms with Gasteiger partial charge in [0.2, 0.25) is 0 Å². The van der Waals surface area contributed by atoms with Gasteiger partial charge >= 0.3 is 0 Å². The maximum Gasteiger partial charge on any atom is 0.0733 e. The molecule has 0 saturated heterocycles. The van der Waals surface area contributed by atoms with Crippen molar-refractivity contribution in [2.75, 3.05) is 13.5 Å². The Bertz CT molecular complexity index is 16.3. The van der Waals surface area contributed by atoms with E-state index in [4.69, 9.17) is 7.74 Å². The molecule has 0 unspecified atom stereocenters. The Morgan fingerprint density at radius 2 is 2.33 bits per heavy atom. The zero-order valence-electron chi connectivity index (χ0n) is 3.36. The Morgan fingerprint density at radius 1 is 1.83 bits per heavy atom. The van der Waals surface area contributed by atoms with Crippen molar-refractivity contribution >= 4 is 14.9 Å². The topological polar surface area (TPSA) is 12.0 Å². The first-order valence-corrected chi connectivity index (χ1v) is 1.60. The van der Waals surface area contributed by atoms with Gasteiger partial charge in [0.05, 0.1) is 7.17 Å². The van der Waals surface area contributed by atoms with Crippen LogP contribution in [0.3, 0.4) is 0 Å². The van der Waals surface area contributed by atoms with Crippen LogP contribution in [0.4, 0.5) is 0 Å². The number of hydrogen-bond donors (Lipinski definition) is 1. The lowest BCUT2D eigenvalue weighted by molar-refractivity contribution is 0.972. The van der Waals surface area contributed by atoms with Gasteiger partial charge in [0.25, 0.3) is 0 Å². The molecule has 0 fully saturated rings. The van der Waals surface area contributed by atoms with Gasteiger partial charge in [-0.1, -0.05) is 7.43 Å². The summed E-state index contributed by atoms with van der Waals surface area (Å²) in [6, 6.07) is 0. The van der Waals surface area contributed by atoms with E-state index in [0.717, 1.165) is 6.44 Å². The number of hydrogen-bond acceptors (Lipinski definition) is 1. The molecule has 0 heterocycles. The molecule has 0 aliphatic rings. The van der Waals surface area contributed by atoms with Crippen molar-refractivity contribution < 1.29 is 0 Å². The highest BCUT2D eigenvalue weighted by atomic mass is 14.8. The minimum atomic E-state index is 0. The molecule has 1 N–H and O–H groups in total. The largest absolute Gasteiger partial charge is 0.328 e. The summed E-state index contributed by atoms with van der Waals surface area (Å²) in [5.41, 5.74) is 0. The van der Waals surface area contributed by atoms with Crippen LogP contribution in [0.2, 0.25) is 0 Å². The average Bonchev–Trinajstić information content (AvgIpc) is 1.41. The third-order valence-electron chi connectivity index (χ3n) is 0.322. The maximum absolute atomic E-state index is 4.95. The highest BCUT2D eigenvalue weighted by molar-refractivity contribution is 6.89. The SMILES string of the molecule is C.[B][B]CNC. The summed E-state index contributed by atoms with van der Waals surface area (Å²) in [5, 5.41) is 2.84. The fourth-order valence-corrected chi connectivity index (χ4v) is 0.118. The monoisotopic (exact) mass is 82.1 g/mol. The van der Waals surface area contributed by atoms with Crippen molar-refractivity contribution in [1.29, 1.82) is 0 Å². The van der Waals surface area contributed by atoms with Crippen LogP contribution < -0.4 is 5.32 Å². The summed E-state index contributed by atoms with van der Waals surface area (Å²) in [4.78, 5) is 0. The molecular formula is C3H10B2N. The third-order valence-corrected chi connectivity index (χ3v) is 0.322. The van der Waals surface area contributed by atoms with Crippen molar-refractivity contribution in [2.45, 2.75) is 7.43 Å². The van der Waals surface area contributed by atoms with E-state index in [0.29, 0.717) is 0 Å². The molecule has 0 spiro atoms. The summed E-state index contributed by atoms with van der Waals surface area (Å²) >= 11 is 0. The molecule has 0 aromatic heterocycles. The van der Waals surface area contributed by atoms with Gasteiger partial charge < -0.3 is 5.32 Å². The zero-order valence-corrected chi connectivity index (χ0v) is 3.36. The Hall–Kier alpha value is 0.0899. The van der Waals surface area contributed by atoms with Crippen molar-refractivity contribution in [3.05, 3.63) is 0 Å². The molecule has 0 aromatic carbocycles. The first-order valence-electron chi connectivity index (χ1n) is 1.60. The van der Waals surface area contributed by atoms with Gasteiger partial charge in [-0.2, -0.15) is 0 Å². The highest BCUT2D eigenvalue weighted by Crippen LogP contribution is 1.36. The molecule has 0 bridgehead atoms. The quantitative estimate of drug-likeness (QED) is 0.446. The molecule has 0 aliphatic carbocycles. The van der Waals surface area contributed by atoms with Gasteiger partial charge in [-0.3, -0.25) is 0 Å². The Labute approximate surface area is 42.1 Å². The number of rotatable bonds is 2. The van der Waals surface area contributed by atoms with Gasteiger partial charge in [-0.15, -0.1) is 0 Å². The molecule has 6 heavy (non-hydrogen) atoms. The van der Waals surface area contributed by atoms with E-state index in [9.17, 15) is 0 Å². The lowest BCUT2D eigenvalue weighted by Crippen LogP contribution is -2.14. The van der Waals surface area contributed by atoms with Crippen LogP contribution in [0.5, 0.6) is 0 Å². The lowest BCUT2D eigenvalue weighted by atomic mass is 9.56. The standard InChI is InChI=1S/C2H6B2N.CH4/c1-5-2-4-3;/h5H,2H2,1H3;1H4. The maximum atomic E-state index is 4.95. The van der Waals surface area contributed by atoms with Crippen LogP contribution in [-0.2, 0) is 0 Å². The van der Waals surface area contributed by atoms with E-state index in [1.165, 1.54) is 0 Å². The second-order valence-corrected chi connectivity index (χ2v) is 0.793. The first-order chi connectivity index (χ1) is 2.41. The minimum Gasteiger partial charge on any atom is -0.328 e. The van der Waals surface area contributed by atoms with E-state index in [1.54, 1.807) is 7.17 Å². The molecule has 0 amide bonds. The molecule has 0 rings (SSSR count). The van der Waals surface area contributed by atoms with Gasteiger partial charge in [-0.25, -0.2) is 0 Å². The molecule has 33 valence electrons. The van der Waals surface area contributed by atoms with Crippen molar-refractivity contribution in [3.63, 3.8) is 0 Å². The van der Waals surface area contributed by atoms with Gasteiger partial charge in [-0.05, 0) is 13.5 Å². The Kier molecular flexibility index (Phi) is 14.0. The van der Waals surface area contributed by atoms with E-state index in [-0.39, 0.29) is 7.43 Å². The molecular weight excluding hydrogens is 71.7 g/mol. The van der Waals surface area contributed by atoms with Gasteiger partial charge in [0, 0.05) is 7.74 Å². The predicted molar refractivity (Wildman–Crippen MR) is 32.2 cm³/mol. The second kappa shape index (κ2) is 8.92. The summed E-state index contributed by atoms with van der Waals surface area (Å²) in [6.45, 7) is 0. The zero-order chi connectivity index (χ0) is 4.12. The summed E-state index contributed by atoms with van der Waals surface area (Å²) in [5.74, 6) is 0. The van der Waals surface area contributed by atoms with Crippen molar-refractivity contribution in [1.82, 2.24) is 5.32 Å². The average molecular weight is 81.7 g/mol. The van der Waals surface area contributed by atoms with Crippen LogP contribution in [-0.4, -0.2) is 28.4 Å². The normalized spacial score (nSPS) is 6.17. The first kappa shape index (κ1) is 9.43. The van der Waals surface area contributed by atoms with Crippen LogP contribution in [0.1, 0.15) is 7.43 Å². The fourth-order valence-electron chi connectivity index (χ4n) is 0.118. The summed E-state index contributed by atoms with van der Waals surface area (Å²) in [7, 11) is 8.37. The number of nitrogens with one attached hydrogen (secondary N) is 1. The molecule has 0 aliphatic heterocycles. The highest BCUT2D eigenvalue weighted by Gasteiger charge is 1.67. The fraction of sp³-hybridized carbons (Fsp3) is 1.00. The predicted octanol–water partition coefficient (Wildman–Crippen LogP) is -0.413. The van der Waals surface area contributed by atoms with E-state index >= 15 is 0 Å². The van der Waals surface area contributed by atoms with Gasteiger partial charge in [0.15, 0.2) is 0 Å². The van der Waals surface area contributed by atoms with Crippen molar-refractivity contribution in [3.8, 4) is 0 Å². The van der Waals surface area contributed by atoms with E-state index < -0.39 is 0 Å². The molecule has 3 heteroatoms. The minimum absolute atomic E-state index is 0. The smallest absolute Gasteiger partial charge is 0.0733 e. The Morgan fingerprint density at radius 3 is 2.33 bits per heavy atom. The summed E-state index contributed by atoms with van der Waals surface area (Å²) in [6.07, 6.45) is 0.792. The molecule has 0 saturated carbocycles. The Balaban J connectivity index is 0. The second-order valence-electron chi connectivity index (χ2n) is 0.793. The van der Waals surface area contributed by atoms with Crippen LogP contribution in [0.25, 0.3) is 0 Å². The van der Waals surface area contributed by atoms with Crippen LogP contribution in [0, 0.1) is 0 Å². The van der Waals surface area contributed by atoms with Crippen LogP contribution >= 0.6 is 0 Å². The van der Waals surface area contributed by atoms with E-state index in [1.807, 2.05) is 7.05 Å². The lowest BCUT2D eigenvalue weighted by Gasteiger charge is -1.83.